The van der Waals surface area contributed by atoms with Crippen molar-refractivity contribution < 1.29 is 0 Å². The van der Waals surface area contributed by atoms with E-state index >= 15 is 0 Å². The summed E-state index contributed by atoms with van der Waals surface area (Å²) in [6, 6.07) is 69.2. The van der Waals surface area contributed by atoms with E-state index in [9.17, 15) is 0 Å². The molecule has 0 aliphatic heterocycles. The minimum absolute atomic E-state index is 0.173. The fourth-order valence-corrected chi connectivity index (χ4v) is 8.69. The molecule has 0 radical (unpaired) electrons. The van der Waals surface area contributed by atoms with Crippen molar-refractivity contribution in [1.82, 2.24) is 0 Å². The van der Waals surface area contributed by atoms with Gasteiger partial charge < -0.3 is 4.90 Å². The van der Waals surface area contributed by atoms with Gasteiger partial charge in [-0.3, -0.25) is 0 Å². The van der Waals surface area contributed by atoms with Crippen molar-refractivity contribution in [2.24, 2.45) is 0 Å². The van der Waals surface area contributed by atoms with Gasteiger partial charge in [0.25, 0.3) is 0 Å². The minimum Gasteiger partial charge on any atom is -0.310 e. The van der Waals surface area contributed by atoms with Gasteiger partial charge in [0, 0.05) is 22.2 Å². The predicted octanol–water partition coefficient (Wildman–Crippen LogP) is 14.3. The van der Waals surface area contributed by atoms with Gasteiger partial charge in [-0.2, -0.15) is 0 Å². The Morgan fingerprint density at radius 2 is 1.00 bits per heavy atom. The Morgan fingerprint density at radius 3 is 1.77 bits per heavy atom. The van der Waals surface area contributed by atoms with Crippen LogP contribution < -0.4 is 4.90 Å². The Balaban J connectivity index is 1.27. The average molecular weight is 664 g/mol. The third-order valence-corrected chi connectivity index (χ3v) is 11.2. The highest BCUT2D eigenvalue weighted by Gasteiger charge is 2.35. The molecule has 0 fully saturated rings. The summed E-state index contributed by atoms with van der Waals surface area (Å²) in [6.07, 6.45) is 0. The summed E-state index contributed by atoms with van der Waals surface area (Å²) in [4.78, 5) is 2.47. The highest BCUT2D eigenvalue weighted by molar-refractivity contribution is 6.15. The van der Waals surface area contributed by atoms with E-state index in [1.165, 1.54) is 82.5 Å². The van der Waals surface area contributed by atoms with Crippen molar-refractivity contribution in [3.05, 3.63) is 199 Å². The van der Waals surface area contributed by atoms with E-state index in [0.717, 1.165) is 11.4 Å². The van der Waals surface area contributed by atoms with Gasteiger partial charge in [0.2, 0.25) is 0 Å². The van der Waals surface area contributed by atoms with Crippen molar-refractivity contribution in [3.63, 3.8) is 0 Å². The first-order valence-corrected chi connectivity index (χ1v) is 18.2. The molecule has 1 aliphatic carbocycles. The lowest BCUT2D eigenvalue weighted by Gasteiger charge is -2.37. The van der Waals surface area contributed by atoms with Gasteiger partial charge in [-0.15, -0.1) is 0 Å². The maximum Gasteiger partial charge on any atom is 0.0546 e. The van der Waals surface area contributed by atoms with Crippen LogP contribution in [0.3, 0.4) is 0 Å². The molecule has 0 amide bonds. The largest absolute Gasteiger partial charge is 0.310 e. The number of anilines is 3. The van der Waals surface area contributed by atoms with Crippen LogP contribution in [0.15, 0.2) is 188 Å². The molecule has 9 aromatic carbocycles. The van der Waals surface area contributed by atoms with E-state index in [2.05, 4.69) is 207 Å². The quantitative estimate of drug-likeness (QED) is 0.166. The van der Waals surface area contributed by atoms with E-state index in [-0.39, 0.29) is 5.41 Å². The first kappa shape index (κ1) is 30.4. The van der Waals surface area contributed by atoms with Gasteiger partial charge in [-0.1, -0.05) is 172 Å². The third kappa shape index (κ3) is 4.70. The maximum atomic E-state index is 2.47. The van der Waals surface area contributed by atoms with Crippen LogP contribution in [-0.2, 0) is 5.41 Å². The molecule has 0 unspecified atom stereocenters. The number of hydrogen-bond acceptors (Lipinski definition) is 1. The lowest BCUT2D eigenvalue weighted by Crippen LogP contribution is -2.24. The molecule has 10 rings (SSSR count). The zero-order valence-electron chi connectivity index (χ0n) is 29.3. The van der Waals surface area contributed by atoms with Crippen LogP contribution in [0.25, 0.3) is 65.7 Å². The molecule has 0 heterocycles. The smallest absolute Gasteiger partial charge is 0.0546 e. The Hall–Kier alpha value is -6.44. The van der Waals surface area contributed by atoms with Crippen LogP contribution in [-0.4, -0.2) is 0 Å². The summed E-state index contributed by atoms with van der Waals surface area (Å²) in [6.45, 7) is 4.77. The number of nitrogens with zero attached hydrogens (tertiary/aromatic N) is 1. The molecule has 1 nitrogen and oxygen atoms in total. The van der Waals surface area contributed by atoms with Gasteiger partial charge >= 0.3 is 0 Å². The van der Waals surface area contributed by atoms with Crippen LogP contribution in [0.5, 0.6) is 0 Å². The van der Waals surface area contributed by atoms with Crippen molar-refractivity contribution in [1.29, 1.82) is 0 Å². The monoisotopic (exact) mass is 663 g/mol. The van der Waals surface area contributed by atoms with Gasteiger partial charge in [0.1, 0.15) is 0 Å². The zero-order chi connectivity index (χ0) is 34.8. The minimum atomic E-state index is -0.173. The fourth-order valence-electron chi connectivity index (χ4n) is 8.69. The summed E-state index contributed by atoms with van der Waals surface area (Å²) in [7, 11) is 0. The summed E-state index contributed by atoms with van der Waals surface area (Å²) >= 11 is 0. The number of rotatable bonds is 5. The average Bonchev–Trinajstić information content (AvgIpc) is 3.21. The van der Waals surface area contributed by atoms with Crippen LogP contribution in [0.1, 0.15) is 25.0 Å². The summed E-state index contributed by atoms with van der Waals surface area (Å²) in [5.74, 6) is 0. The SMILES string of the molecule is CC1(C)c2ccc(N(c3ccc(-c4ccccc4)cc3)c3cc4ccccc4c4ccccc34)cc2-c2c(-c3ccccc3)ccc3cccc1c23. The molecule has 0 spiro atoms. The van der Waals surface area contributed by atoms with Crippen LogP contribution in [0.4, 0.5) is 17.1 Å². The molecule has 0 saturated heterocycles. The fraction of sp³-hybridized carbons (Fsp3) is 0.0588. The van der Waals surface area contributed by atoms with Crippen molar-refractivity contribution in [2.45, 2.75) is 19.3 Å². The lowest BCUT2D eigenvalue weighted by molar-refractivity contribution is 0.645. The van der Waals surface area contributed by atoms with Gasteiger partial charge in [-0.25, -0.2) is 0 Å². The first-order valence-electron chi connectivity index (χ1n) is 18.2. The van der Waals surface area contributed by atoms with E-state index in [0.29, 0.717) is 0 Å². The van der Waals surface area contributed by atoms with Crippen molar-refractivity contribution >= 4 is 49.4 Å². The Bertz CT molecular complexity index is 2790. The van der Waals surface area contributed by atoms with Crippen LogP contribution in [0, 0.1) is 0 Å². The van der Waals surface area contributed by atoms with Crippen LogP contribution in [0.2, 0.25) is 0 Å². The molecule has 0 bridgehead atoms. The molecule has 246 valence electrons. The molecule has 0 atom stereocenters. The molecule has 0 saturated carbocycles. The number of fused-ring (bicyclic) bond motifs is 5. The molecule has 9 aromatic rings. The summed E-state index contributed by atoms with van der Waals surface area (Å²) in [5.41, 5.74) is 13.5. The number of benzene rings is 9. The predicted molar refractivity (Wildman–Crippen MR) is 222 cm³/mol. The summed E-state index contributed by atoms with van der Waals surface area (Å²) < 4.78 is 0. The van der Waals surface area contributed by atoms with Gasteiger partial charge in [0.05, 0.1) is 5.69 Å². The standard InChI is InChI=1S/C51H37N/c1-51(2)46-31-29-40(33-45(46)50-42(36-16-7-4-8-17-36)30-26-37-19-13-23-47(51)49(37)50)52(39-27-24-35(25-28-39)34-14-5-3-6-15-34)48-32-38-18-9-10-20-41(38)43-21-11-12-22-44(43)48/h3-33H,1-2H3. The third-order valence-electron chi connectivity index (χ3n) is 11.2. The lowest BCUT2D eigenvalue weighted by atomic mass is 9.67. The Labute approximate surface area is 305 Å². The van der Waals surface area contributed by atoms with Crippen molar-refractivity contribution in [2.75, 3.05) is 4.90 Å². The molecular formula is C51H37N. The Morgan fingerprint density at radius 1 is 0.385 bits per heavy atom. The van der Waals surface area contributed by atoms with Gasteiger partial charge in [0.15, 0.2) is 0 Å². The van der Waals surface area contributed by atoms with E-state index < -0.39 is 0 Å². The molecule has 52 heavy (non-hydrogen) atoms. The highest BCUT2D eigenvalue weighted by Crippen LogP contribution is 2.53. The topological polar surface area (TPSA) is 3.24 Å². The molecule has 1 heteroatoms. The molecule has 0 N–H and O–H groups in total. The van der Waals surface area contributed by atoms with E-state index in [1.807, 2.05) is 0 Å². The molecular weight excluding hydrogens is 627 g/mol. The highest BCUT2D eigenvalue weighted by atomic mass is 15.1. The maximum absolute atomic E-state index is 2.47. The second-order valence-electron chi connectivity index (χ2n) is 14.5. The van der Waals surface area contributed by atoms with E-state index in [4.69, 9.17) is 0 Å². The molecule has 0 aromatic heterocycles. The second-order valence-corrected chi connectivity index (χ2v) is 14.5. The normalized spacial score (nSPS) is 13.0. The summed E-state index contributed by atoms with van der Waals surface area (Å²) in [5, 5.41) is 7.61. The molecule has 1 aliphatic rings. The van der Waals surface area contributed by atoms with E-state index in [1.54, 1.807) is 0 Å². The zero-order valence-corrected chi connectivity index (χ0v) is 29.3. The Kier molecular flexibility index (Phi) is 6.91. The first-order chi connectivity index (χ1) is 25.6. The van der Waals surface area contributed by atoms with Crippen molar-refractivity contribution in [3.8, 4) is 33.4 Å². The number of hydrogen-bond donors (Lipinski definition) is 0. The van der Waals surface area contributed by atoms with Crippen LogP contribution >= 0.6 is 0 Å². The van der Waals surface area contributed by atoms with Gasteiger partial charge in [-0.05, 0) is 102 Å². The second kappa shape index (κ2) is 11.8.